The van der Waals surface area contributed by atoms with Gasteiger partial charge in [-0.2, -0.15) is 0 Å². The number of ether oxygens (including phenoxy) is 1. The van der Waals surface area contributed by atoms with Crippen LogP contribution in [0, 0.1) is 5.92 Å². The van der Waals surface area contributed by atoms with E-state index in [1.165, 1.54) is 17.2 Å². The van der Waals surface area contributed by atoms with Gasteiger partial charge in [-0.25, -0.2) is 4.98 Å². The molecule has 2 aliphatic rings. The van der Waals surface area contributed by atoms with Crippen molar-refractivity contribution < 1.29 is 4.74 Å². The van der Waals surface area contributed by atoms with Crippen LogP contribution in [0.15, 0.2) is 0 Å². The van der Waals surface area contributed by atoms with Crippen molar-refractivity contribution in [1.82, 2.24) is 14.9 Å². The van der Waals surface area contributed by atoms with Gasteiger partial charge in [-0.15, -0.1) is 0 Å². The first kappa shape index (κ1) is 14.1. The molecule has 0 bridgehead atoms. The van der Waals surface area contributed by atoms with Crippen molar-refractivity contribution in [2.24, 2.45) is 5.92 Å². The Morgan fingerprint density at radius 2 is 2.20 bits per heavy atom. The molecule has 0 spiro atoms. The fraction of sp³-hybridized carbons (Fsp3) is 0.812. The molecule has 1 aliphatic carbocycles. The number of imidazole rings is 1. The zero-order valence-electron chi connectivity index (χ0n) is 13.0. The van der Waals surface area contributed by atoms with Crippen LogP contribution in [0.4, 0.5) is 0 Å². The molecule has 1 aromatic heterocycles. The monoisotopic (exact) mass is 277 g/mol. The van der Waals surface area contributed by atoms with Crippen LogP contribution < -0.4 is 5.32 Å². The second kappa shape index (κ2) is 5.86. The minimum Gasteiger partial charge on any atom is -0.378 e. The van der Waals surface area contributed by atoms with Crippen molar-refractivity contribution in [3.63, 3.8) is 0 Å². The fourth-order valence-electron chi connectivity index (χ4n) is 3.45. The second-order valence-electron chi connectivity index (χ2n) is 6.52. The van der Waals surface area contributed by atoms with Crippen molar-refractivity contribution in [3.8, 4) is 0 Å². The summed E-state index contributed by atoms with van der Waals surface area (Å²) in [5.74, 6) is 1.96. The van der Waals surface area contributed by atoms with Gasteiger partial charge < -0.3 is 14.6 Å². The summed E-state index contributed by atoms with van der Waals surface area (Å²) in [6, 6.07) is 0.620. The molecule has 0 atom stereocenters. The third-order valence-corrected chi connectivity index (χ3v) is 4.43. The van der Waals surface area contributed by atoms with Gasteiger partial charge in [-0.1, -0.05) is 13.8 Å². The van der Waals surface area contributed by atoms with E-state index < -0.39 is 0 Å². The normalized spacial score (nSPS) is 25.6. The first-order valence-electron chi connectivity index (χ1n) is 8.10. The number of hydrogen-bond donors (Lipinski definition) is 1. The number of fused-ring (bicyclic) bond motifs is 1. The molecule has 20 heavy (non-hydrogen) atoms. The Morgan fingerprint density at radius 3 is 2.90 bits per heavy atom. The van der Waals surface area contributed by atoms with Crippen molar-refractivity contribution in [3.05, 3.63) is 17.2 Å². The van der Waals surface area contributed by atoms with Gasteiger partial charge in [-0.3, -0.25) is 0 Å². The van der Waals surface area contributed by atoms with Gasteiger partial charge in [-0.05, 0) is 25.7 Å². The van der Waals surface area contributed by atoms with Crippen LogP contribution in [0.5, 0.6) is 0 Å². The quantitative estimate of drug-likeness (QED) is 0.898. The van der Waals surface area contributed by atoms with E-state index in [-0.39, 0.29) is 0 Å². The lowest BCUT2D eigenvalue weighted by Gasteiger charge is -2.38. The maximum absolute atomic E-state index is 5.73. The lowest BCUT2D eigenvalue weighted by molar-refractivity contribution is -0.0210. The van der Waals surface area contributed by atoms with Crippen LogP contribution in [-0.4, -0.2) is 28.8 Å². The predicted octanol–water partition coefficient (Wildman–Crippen LogP) is 2.47. The molecule has 0 saturated heterocycles. The molecular formula is C16H27N3O. The van der Waals surface area contributed by atoms with Gasteiger partial charge in [0.1, 0.15) is 5.82 Å². The number of aromatic nitrogens is 2. The van der Waals surface area contributed by atoms with E-state index in [4.69, 9.17) is 9.72 Å². The molecule has 1 fully saturated rings. The van der Waals surface area contributed by atoms with Crippen LogP contribution >= 0.6 is 0 Å². The Morgan fingerprint density at radius 1 is 1.40 bits per heavy atom. The zero-order valence-corrected chi connectivity index (χ0v) is 13.0. The van der Waals surface area contributed by atoms with Crippen molar-refractivity contribution in [1.29, 1.82) is 0 Å². The van der Waals surface area contributed by atoms with Gasteiger partial charge >= 0.3 is 0 Å². The summed E-state index contributed by atoms with van der Waals surface area (Å²) in [6.07, 6.45) is 5.00. The summed E-state index contributed by atoms with van der Waals surface area (Å²) in [6.45, 7) is 9.50. The van der Waals surface area contributed by atoms with Crippen LogP contribution in [0.25, 0.3) is 0 Å². The molecule has 2 heterocycles. The maximum Gasteiger partial charge on any atom is 0.109 e. The van der Waals surface area contributed by atoms with Gasteiger partial charge in [0.05, 0.1) is 11.8 Å². The largest absolute Gasteiger partial charge is 0.378 e. The molecule has 0 radical (unpaired) electrons. The summed E-state index contributed by atoms with van der Waals surface area (Å²) in [7, 11) is 0. The molecule has 1 saturated carbocycles. The van der Waals surface area contributed by atoms with E-state index in [0.29, 0.717) is 18.1 Å². The van der Waals surface area contributed by atoms with E-state index in [2.05, 4.69) is 30.7 Å². The lowest BCUT2D eigenvalue weighted by atomic mass is 9.88. The Kier molecular flexibility index (Phi) is 4.13. The zero-order chi connectivity index (χ0) is 14.1. The lowest BCUT2D eigenvalue weighted by Crippen LogP contribution is -2.36. The topological polar surface area (TPSA) is 39.1 Å². The van der Waals surface area contributed by atoms with Crippen LogP contribution in [0.2, 0.25) is 0 Å². The average Bonchev–Trinajstić information content (AvgIpc) is 2.70. The van der Waals surface area contributed by atoms with Crippen molar-refractivity contribution in [2.45, 2.75) is 65.1 Å². The molecule has 1 N–H and O–H groups in total. The summed E-state index contributed by atoms with van der Waals surface area (Å²) >= 11 is 0. The van der Waals surface area contributed by atoms with E-state index in [0.717, 1.165) is 45.4 Å². The van der Waals surface area contributed by atoms with E-state index in [1.807, 2.05) is 0 Å². The van der Waals surface area contributed by atoms with Gasteiger partial charge in [0.15, 0.2) is 0 Å². The molecule has 0 unspecified atom stereocenters. The highest BCUT2D eigenvalue weighted by atomic mass is 16.5. The summed E-state index contributed by atoms with van der Waals surface area (Å²) in [5.41, 5.74) is 2.77. The van der Waals surface area contributed by atoms with Crippen molar-refractivity contribution in [2.75, 3.05) is 13.2 Å². The second-order valence-corrected chi connectivity index (χ2v) is 6.52. The summed E-state index contributed by atoms with van der Waals surface area (Å²) < 4.78 is 8.29. The first-order chi connectivity index (χ1) is 9.69. The first-order valence-corrected chi connectivity index (χ1v) is 8.10. The predicted molar refractivity (Wildman–Crippen MR) is 79.9 cm³/mol. The fourth-order valence-corrected chi connectivity index (χ4v) is 3.45. The molecule has 4 nitrogen and oxygen atoms in total. The molecule has 0 amide bonds. The number of nitrogens with zero attached hydrogens (tertiary/aromatic N) is 2. The minimum absolute atomic E-state index is 0.469. The van der Waals surface area contributed by atoms with Crippen LogP contribution in [-0.2, 0) is 24.1 Å². The Bertz CT molecular complexity index is 461. The minimum atomic E-state index is 0.469. The highest BCUT2D eigenvalue weighted by Crippen LogP contribution is 2.38. The van der Waals surface area contributed by atoms with E-state index >= 15 is 0 Å². The van der Waals surface area contributed by atoms with Crippen LogP contribution in [0.1, 0.15) is 56.9 Å². The Hall–Kier alpha value is -0.870. The maximum atomic E-state index is 5.73. The highest BCUT2D eigenvalue weighted by molar-refractivity contribution is 5.22. The van der Waals surface area contributed by atoms with E-state index in [1.54, 1.807) is 0 Å². The van der Waals surface area contributed by atoms with Gasteiger partial charge in [0.2, 0.25) is 0 Å². The SMILES string of the molecule is CCOC1CC(n2c(CC(C)C)nc3c2CCNC3)C1. The standard InChI is InChI=1S/C16H27N3O/c1-4-20-13-8-12(9-13)19-15-5-6-17-10-14(15)18-16(19)7-11(2)3/h11-13,17H,4-10H2,1-3H3. The summed E-state index contributed by atoms with van der Waals surface area (Å²) in [4.78, 5) is 4.92. The molecule has 3 rings (SSSR count). The average molecular weight is 277 g/mol. The Labute approximate surface area is 121 Å². The number of hydrogen-bond acceptors (Lipinski definition) is 3. The molecule has 0 aromatic carbocycles. The molecule has 1 aromatic rings. The van der Waals surface area contributed by atoms with Gasteiger partial charge in [0.25, 0.3) is 0 Å². The third kappa shape index (κ3) is 2.63. The van der Waals surface area contributed by atoms with E-state index in [9.17, 15) is 0 Å². The Balaban J connectivity index is 1.82. The smallest absolute Gasteiger partial charge is 0.109 e. The molecule has 1 aliphatic heterocycles. The molecular weight excluding hydrogens is 250 g/mol. The van der Waals surface area contributed by atoms with Gasteiger partial charge in [0, 0.05) is 44.3 Å². The highest BCUT2D eigenvalue weighted by Gasteiger charge is 2.35. The van der Waals surface area contributed by atoms with Crippen LogP contribution in [0.3, 0.4) is 0 Å². The summed E-state index contributed by atoms with van der Waals surface area (Å²) in [5, 5.41) is 3.44. The molecule has 4 heteroatoms. The number of rotatable bonds is 5. The third-order valence-electron chi connectivity index (χ3n) is 4.43. The number of nitrogens with one attached hydrogen (secondary N) is 1. The molecule has 112 valence electrons. The van der Waals surface area contributed by atoms with Crippen molar-refractivity contribution >= 4 is 0 Å².